The topological polar surface area (TPSA) is 24.7 Å². The lowest BCUT2D eigenvalue weighted by molar-refractivity contribution is 1.16. The second-order valence-corrected chi connectivity index (χ2v) is 6.03. The van der Waals surface area contributed by atoms with Crippen molar-refractivity contribution in [3.8, 4) is 0 Å². The van der Waals surface area contributed by atoms with E-state index in [1.807, 2.05) is 36.4 Å². The third-order valence-electron chi connectivity index (χ3n) is 2.19. The molecule has 0 bridgehead atoms. The lowest BCUT2D eigenvalue weighted by atomic mass is 10.3. The summed E-state index contributed by atoms with van der Waals surface area (Å²) in [5, 5.41) is 8.41. The first-order valence-electron chi connectivity index (χ1n) is 4.96. The van der Waals surface area contributed by atoms with Crippen LogP contribution in [0, 0.1) is 0 Å². The Bertz CT molecular complexity index is 615. The molecule has 0 aliphatic carbocycles. The Morgan fingerprint density at radius 3 is 2.28 bits per heavy atom. The maximum Gasteiger partial charge on any atom is 0.114 e. The highest BCUT2D eigenvalue weighted by Gasteiger charge is 2.07. The van der Waals surface area contributed by atoms with E-state index < -0.39 is 0 Å². The first-order valence-corrected chi connectivity index (χ1v) is 7.44. The van der Waals surface area contributed by atoms with Crippen LogP contribution in [0.1, 0.15) is 0 Å². The van der Waals surface area contributed by atoms with Crippen LogP contribution < -0.4 is 0 Å². The molecule has 2 rings (SSSR count). The first-order chi connectivity index (χ1) is 8.59. The van der Waals surface area contributed by atoms with Crippen LogP contribution in [0.15, 0.2) is 65.4 Å². The van der Waals surface area contributed by atoms with Crippen LogP contribution in [0.25, 0.3) is 0 Å². The van der Waals surface area contributed by atoms with E-state index >= 15 is 0 Å². The molecule has 0 aromatic heterocycles. The molecule has 0 saturated heterocycles. The second kappa shape index (κ2) is 6.23. The number of azo groups is 1. The number of thiol groups is 2. The van der Waals surface area contributed by atoms with E-state index in [2.05, 4.69) is 67.3 Å². The first kappa shape index (κ1) is 14.1. The minimum atomic E-state index is 0.685. The van der Waals surface area contributed by atoms with Gasteiger partial charge in [0.2, 0.25) is 0 Å². The Balaban J connectivity index is 2.41. The van der Waals surface area contributed by atoms with Crippen molar-refractivity contribution in [2.75, 3.05) is 0 Å². The van der Waals surface area contributed by atoms with E-state index in [-0.39, 0.29) is 0 Å². The van der Waals surface area contributed by atoms with Gasteiger partial charge in [0.15, 0.2) is 0 Å². The Morgan fingerprint density at radius 1 is 0.833 bits per heavy atom. The summed E-state index contributed by atoms with van der Waals surface area (Å²) in [6.45, 7) is 0. The Kier molecular flexibility index (Phi) is 4.89. The molecule has 2 aromatic rings. The lowest BCUT2D eigenvalue weighted by Gasteiger charge is -2.03. The van der Waals surface area contributed by atoms with Crippen LogP contribution in [0.2, 0.25) is 0 Å². The molecule has 92 valence electrons. The summed E-state index contributed by atoms with van der Waals surface area (Å²) < 4.78 is 1.74. The number of hydrogen-bond acceptors (Lipinski definition) is 4. The van der Waals surface area contributed by atoms with Crippen molar-refractivity contribution in [1.82, 2.24) is 0 Å². The minimum Gasteiger partial charge on any atom is -0.149 e. The normalized spacial score (nSPS) is 11.1. The summed E-state index contributed by atoms with van der Waals surface area (Å²) in [7, 11) is 0. The molecule has 0 spiro atoms. The van der Waals surface area contributed by atoms with Crippen molar-refractivity contribution in [2.45, 2.75) is 9.79 Å². The molecule has 0 aliphatic rings. The summed E-state index contributed by atoms with van der Waals surface area (Å²) in [6, 6.07) is 11.3. The van der Waals surface area contributed by atoms with Gasteiger partial charge in [0.1, 0.15) is 5.69 Å². The number of hydrogen-bond donors (Lipinski definition) is 2. The van der Waals surface area contributed by atoms with Gasteiger partial charge in [-0.3, -0.25) is 0 Å². The quantitative estimate of drug-likeness (QED) is 0.440. The number of nitrogens with zero attached hydrogens (tertiary/aromatic N) is 2. The van der Waals surface area contributed by atoms with Crippen molar-refractivity contribution in [3.63, 3.8) is 0 Å². The SMILES string of the molecule is Sc1ccccc1N=Nc1c(S)ccc(Br)c1Br. The summed E-state index contributed by atoms with van der Waals surface area (Å²) >= 11 is 15.6. The predicted octanol–water partition coefficient (Wildman–Crippen LogP) is 6.20. The molecule has 18 heavy (non-hydrogen) atoms. The van der Waals surface area contributed by atoms with Crippen molar-refractivity contribution in [3.05, 3.63) is 45.3 Å². The van der Waals surface area contributed by atoms with Crippen molar-refractivity contribution in [2.24, 2.45) is 10.2 Å². The van der Waals surface area contributed by atoms with E-state index in [0.29, 0.717) is 5.69 Å². The van der Waals surface area contributed by atoms with Crippen LogP contribution in [0.4, 0.5) is 11.4 Å². The third-order valence-corrected chi connectivity index (χ3v) is 4.92. The molecule has 0 radical (unpaired) electrons. The minimum absolute atomic E-state index is 0.685. The van der Waals surface area contributed by atoms with E-state index in [1.165, 1.54) is 0 Å². The fourth-order valence-electron chi connectivity index (χ4n) is 1.28. The number of rotatable bonds is 2. The smallest absolute Gasteiger partial charge is 0.114 e. The van der Waals surface area contributed by atoms with E-state index in [9.17, 15) is 0 Å². The molecule has 0 saturated carbocycles. The molecule has 0 fully saturated rings. The number of benzene rings is 2. The van der Waals surface area contributed by atoms with Crippen LogP contribution in [0.5, 0.6) is 0 Å². The second-order valence-electron chi connectivity index (χ2n) is 3.42. The van der Waals surface area contributed by atoms with Crippen LogP contribution >= 0.6 is 57.1 Å². The van der Waals surface area contributed by atoms with Crippen molar-refractivity contribution >= 4 is 68.5 Å². The van der Waals surface area contributed by atoms with Gasteiger partial charge in [0.25, 0.3) is 0 Å². The summed E-state index contributed by atoms with van der Waals surface area (Å²) in [6.07, 6.45) is 0. The molecular formula is C12H8Br2N2S2. The summed E-state index contributed by atoms with van der Waals surface area (Å²) in [5.74, 6) is 0. The monoisotopic (exact) mass is 402 g/mol. The van der Waals surface area contributed by atoms with Gasteiger partial charge in [-0.15, -0.1) is 35.5 Å². The molecule has 2 nitrogen and oxygen atoms in total. The standard InChI is InChI=1S/C12H8Br2N2S2/c13-7-5-6-10(18)12(11(7)14)16-15-8-3-1-2-4-9(8)17/h1-6,17-18H. The molecule has 0 heterocycles. The third kappa shape index (κ3) is 3.17. The van der Waals surface area contributed by atoms with Gasteiger partial charge < -0.3 is 0 Å². The molecule has 0 amide bonds. The molecule has 6 heteroatoms. The van der Waals surface area contributed by atoms with Gasteiger partial charge in [0.05, 0.1) is 10.2 Å². The van der Waals surface area contributed by atoms with Crippen molar-refractivity contribution in [1.29, 1.82) is 0 Å². The zero-order valence-electron chi connectivity index (χ0n) is 9.01. The van der Waals surface area contributed by atoms with Gasteiger partial charge in [-0.05, 0) is 56.1 Å². The molecule has 0 N–H and O–H groups in total. The highest BCUT2D eigenvalue weighted by Crippen LogP contribution is 2.38. The van der Waals surface area contributed by atoms with Crippen LogP contribution in [0.3, 0.4) is 0 Å². The van der Waals surface area contributed by atoms with Crippen LogP contribution in [-0.4, -0.2) is 0 Å². The number of halogens is 2. The van der Waals surface area contributed by atoms with Gasteiger partial charge >= 0.3 is 0 Å². The van der Waals surface area contributed by atoms with Gasteiger partial charge in [0, 0.05) is 14.3 Å². The lowest BCUT2D eigenvalue weighted by Crippen LogP contribution is -1.75. The van der Waals surface area contributed by atoms with E-state index in [1.54, 1.807) is 0 Å². The predicted molar refractivity (Wildman–Crippen MR) is 87.0 cm³/mol. The zero-order valence-corrected chi connectivity index (χ0v) is 14.0. The molecular weight excluding hydrogens is 396 g/mol. The molecule has 0 aliphatic heterocycles. The van der Waals surface area contributed by atoms with Gasteiger partial charge in [-0.2, -0.15) is 0 Å². The molecule has 2 aromatic carbocycles. The van der Waals surface area contributed by atoms with E-state index in [4.69, 9.17) is 0 Å². The van der Waals surface area contributed by atoms with Gasteiger partial charge in [-0.1, -0.05) is 12.1 Å². The Labute approximate surface area is 133 Å². The fraction of sp³-hybridized carbons (Fsp3) is 0. The van der Waals surface area contributed by atoms with Crippen molar-refractivity contribution < 1.29 is 0 Å². The average Bonchev–Trinajstić information content (AvgIpc) is 2.36. The zero-order chi connectivity index (χ0) is 13.1. The highest BCUT2D eigenvalue weighted by atomic mass is 79.9. The van der Waals surface area contributed by atoms with Crippen LogP contribution in [-0.2, 0) is 0 Å². The average molecular weight is 404 g/mol. The molecule has 0 atom stereocenters. The molecule has 0 unspecified atom stereocenters. The maximum atomic E-state index is 4.36. The Morgan fingerprint density at radius 2 is 1.56 bits per heavy atom. The maximum absolute atomic E-state index is 4.36. The highest BCUT2D eigenvalue weighted by molar-refractivity contribution is 9.13. The summed E-state index contributed by atoms with van der Waals surface area (Å²) in [4.78, 5) is 1.54. The largest absolute Gasteiger partial charge is 0.149 e. The van der Waals surface area contributed by atoms with Gasteiger partial charge in [-0.25, -0.2) is 0 Å². The fourth-order valence-corrected chi connectivity index (χ4v) is 2.61. The van der Waals surface area contributed by atoms with E-state index in [0.717, 1.165) is 24.4 Å². The summed E-state index contributed by atoms with van der Waals surface area (Å²) in [5.41, 5.74) is 1.41. The Hall–Kier alpha value is -0.300.